The lowest BCUT2D eigenvalue weighted by Gasteiger charge is -2.49. The molecule has 15 nitrogen and oxygen atoms in total. The number of carboxylic acids is 1. The van der Waals surface area contributed by atoms with Crippen molar-refractivity contribution in [3.8, 4) is 5.75 Å². The van der Waals surface area contributed by atoms with Crippen LogP contribution >= 0.6 is 11.8 Å². The molecule has 0 bridgehead atoms. The number of thioether (sulfide) groups is 1. The van der Waals surface area contributed by atoms with Crippen LogP contribution in [0, 0.1) is 0 Å². The van der Waals surface area contributed by atoms with Crippen molar-refractivity contribution < 1.29 is 61.3 Å². The molecule has 1 aromatic carbocycles. The summed E-state index contributed by atoms with van der Waals surface area (Å²) in [6.07, 6.45) is -6.89. The van der Waals surface area contributed by atoms with Crippen molar-refractivity contribution in [2.45, 2.75) is 50.0 Å². The second-order valence-corrected chi connectivity index (χ2v) is 13.1. The molecule has 2 unspecified atom stereocenters. The molecule has 0 aromatic heterocycles. The zero-order valence-electron chi connectivity index (χ0n) is 26.3. The standard InChI is InChI=1S/C29H34F3N5O10S/c1-28(2,3)47-26(43)34-18(15-5-7-17(8-6-15)46-25(42)29(30,31)32)21(38)33-19-22(39)37-20(24(40)41)16(14-48-23(19)37)13-45-27(44)36-11-9-35(4)10-12-36/h5-8,18-19,23H,9-14H2,1-4H3,(H,33,38)(H,34,43)(H,40,41)/t18?,19?,23-/m0/s1. The number of amides is 4. The summed E-state index contributed by atoms with van der Waals surface area (Å²) in [6.45, 7) is 6.56. The molecule has 1 aromatic rings. The molecule has 4 rings (SSSR count). The van der Waals surface area contributed by atoms with E-state index in [2.05, 4.69) is 15.4 Å². The van der Waals surface area contributed by atoms with Crippen LogP contribution in [0.3, 0.4) is 0 Å². The van der Waals surface area contributed by atoms with Crippen molar-refractivity contribution in [1.29, 1.82) is 0 Å². The highest BCUT2D eigenvalue weighted by atomic mass is 32.2. The molecule has 4 amide bonds. The Morgan fingerprint density at radius 2 is 1.67 bits per heavy atom. The van der Waals surface area contributed by atoms with Gasteiger partial charge in [-0.25, -0.2) is 19.2 Å². The molecule has 2 fully saturated rings. The summed E-state index contributed by atoms with van der Waals surface area (Å²) in [5, 5.41) is 14.0. The number of benzene rings is 1. The number of ether oxygens (including phenoxy) is 3. The maximum atomic E-state index is 13.5. The smallest absolute Gasteiger partial charge is 0.477 e. The number of carboxylic acid groups (broad SMARTS) is 1. The van der Waals surface area contributed by atoms with Crippen molar-refractivity contribution in [3.63, 3.8) is 0 Å². The maximum Gasteiger partial charge on any atom is 0.491 e. The van der Waals surface area contributed by atoms with Crippen molar-refractivity contribution in [1.82, 2.24) is 25.3 Å². The van der Waals surface area contributed by atoms with Crippen LogP contribution in [-0.4, -0.2) is 125 Å². The lowest BCUT2D eigenvalue weighted by Crippen LogP contribution is -2.71. The number of rotatable bonds is 8. The minimum Gasteiger partial charge on any atom is -0.477 e. The van der Waals surface area contributed by atoms with Crippen LogP contribution < -0.4 is 15.4 Å². The molecule has 0 radical (unpaired) electrons. The fraction of sp³-hybridized carbons (Fsp3) is 0.517. The Kier molecular flexibility index (Phi) is 10.8. The van der Waals surface area contributed by atoms with Crippen LogP contribution in [0.4, 0.5) is 22.8 Å². The predicted molar refractivity (Wildman–Crippen MR) is 160 cm³/mol. The van der Waals surface area contributed by atoms with Crippen LogP contribution in [0.1, 0.15) is 32.4 Å². The van der Waals surface area contributed by atoms with E-state index in [0.29, 0.717) is 26.2 Å². The number of hydrogen-bond donors (Lipinski definition) is 3. The summed E-state index contributed by atoms with van der Waals surface area (Å²) in [4.78, 5) is 79.8. The van der Waals surface area contributed by atoms with E-state index < -0.39 is 70.9 Å². The van der Waals surface area contributed by atoms with Gasteiger partial charge in [0.05, 0.1) is 0 Å². The molecule has 0 saturated carbocycles. The summed E-state index contributed by atoms with van der Waals surface area (Å²) < 4.78 is 52.7. The summed E-state index contributed by atoms with van der Waals surface area (Å²) in [6, 6.07) is 1.46. The molecule has 2 saturated heterocycles. The summed E-state index contributed by atoms with van der Waals surface area (Å²) in [5.74, 6) is -6.01. The highest BCUT2D eigenvalue weighted by Gasteiger charge is 2.54. The number of nitrogens with one attached hydrogen (secondary N) is 2. The number of fused-ring (bicyclic) bond motifs is 1. The van der Waals surface area contributed by atoms with Crippen LogP contribution in [-0.2, 0) is 28.7 Å². The largest absolute Gasteiger partial charge is 0.491 e. The van der Waals surface area contributed by atoms with Crippen LogP contribution in [0.25, 0.3) is 0 Å². The molecule has 262 valence electrons. The Hall–Kier alpha value is -4.52. The van der Waals surface area contributed by atoms with E-state index in [4.69, 9.17) is 9.47 Å². The molecule has 19 heteroatoms. The molecular formula is C29H34F3N5O10S. The van der Waals surface area contributed by atoms with Gasteiger partial charge >= 0.3 is 30.3 Å². The third kappa shape index (κ3) is 8.68. The summed E-state index contributed by atoms with van der Waals surface area (Å²) >= 11 is 1.13. The normalized spacial score (nSPS) is 20.6. The number of alkyl halides is 3. The molecular weight excluding hydrogens is 667 g/mol. The number of carbonyl (C=O) groups excluding carboxylic acids is 5. The van der Waals surface area contributed by atoms with Crippen molar-refractivity contribution in [3.05, 3.63) is 41.1 Å². The zero-order valence-corrected chi connectivity index (χ0v) is 27.1. The van der Waals surface area contributed by atoms with Crippen LogP contribution in [0.15, 0.2) is 35.5 Å². The van der Waals surface area contributed by atoms with Gasteiger partial charge in [-0.05, 0) is 45.5 Å². The van der Waals surface area contributed by atoms with E-state index in [0.717, 1.165) is 40.9 Å². The van der Waals surface area contributed by atoms with Gasteiger partial charge in [0.25, 0.3) is 5.91 Å². The van der Waals surface area contributed by atoms with Crippen molar-refractivity contribution in [2.24, 2.45) is 0 Å². The third-order valence-corrected chi connectivity index (χ3v) is 8.60. The minimum atomic E-state index is -5.24. The first-order valence-electron chi connectivity index (χ1n) is 14.5. The van der Waals surface area contributed by atoms with E-state index in [9.17, 15) is 47.0 Å². The summed E-state index contributed by atoms with van der Waals surface area (Å²) in [7, 11) is 1.92. The van der Waals surface area contributed by atoms with Gasteiger partial charge < -0.3 is 39.8 Å². The van der Waals surface area contributed by atoms with E-state index in [1.54, 1.807) is 20.8 Å². The van der Waals surface area contributed by atoms with Gasteiger partial charge in [0.2, 0.25) is 5.91 Å². The van der Waals surface area contributed by atoms with Gasteiger partial charge in [0.15, 0.2) is 0 Å². The van der Waals surface area contributed by atoms with E-state index in [1.807, 2.05) is 11.9 Å². The second kappa shape index (κ2) is 14.3. The number of piperazine rings is 1. The lowest BCUT2D eigenvalue weighted by molar-refractivity contribution is -0.189. The average molecular weight is 702 g/mol. The number of esters is 1. The van der Waals surface area contributed by atoms with Gasteiger partial charge in [-0.1, -0.05) is 12.1 Å². The molecule has 3 heterocycles. The highest BCUT2D eigenvalue weighted by molar-refractivity contribution is 8.00. The average Bonchev–Trinajstić information content (AvgIpc) is 3.00. The fourth-order valence-electron chi connectivity index (χ4n) is 4.88. The fourth-order valence-corrected chi connectivity index (χ4v) is 6.21. The van der Waals surface area contributed by atoms with Gasteiger partial charge in [-0.2, -0.15) is 13.2 Å². The molecule has 3 N–H and O–H groups in total. The predicted octanol–water partition coefficient (Wildman–Crippen LogP) is 1.84. The molecule has 0 spiro atoms. The second-order valence-electron chi connectivity index (χ2n) is 12.0. The molecule has 48 heavy (non-hydrogen) atoms. The number of aliphatic carboxylic acids is 1. The molecule has 3 aliphatic rings. The van der Waals surface area contributed by atoms with Gasteiger partial charge in [0, 0.05) is 37.5 Å². The van der Waals surface area contributed by atoms with Gasteiger partial charge in [-0.15, -0.1) is 11.8 Å². The van der Waals surface area contributed by atoms with E-state index in [-0.39, 0.29) is 29.2 Å². The number of β-lactam (4-membered cyclic amide) rings is 1. The van der Waals surface area contributed by atoms with Crippen molar-refractivity contribution in [2.75, 3.05) is 45.6 Å². The topological polar surface area (TPSA) is 184 Å². The van der Waals surface area contributed by atoms with Gasteiger partial charge in [0.1, 0.15) is 41.1 Å². The lowest BCUT2D eigenvalue weighted by atomic mass is 10.0. The first-order valence-corrected chi connectivity index (χ1v) is 15.6. The zero-order chi connectivity index (χ0) is 35.6. The Morgan fingerprint density at radius 3 is 2.23 bits per heavy atom. The quantitative estimate of drug-likeness (QED) is 0.203. The number of carbonyl (C=O) groups is 6. The Bertz CT molecular complexity index is 1490. The van der Waals surface area contributed by atoms with Crippen LogP contribution in [0.2, 0.25) is 0 Å². The summed E-state index contributed by atoms with van der Waals surface area (Å²) in [5.41, 5.74) is -1.12. The Balaban J connectivity index is 1.47. The number of hydrogen-bond acceptors (Lipinski definition) is 11. The minimum absolute atomic E-state index is 0.0284. The number of alkyl carbamates (subject to hydrolysis) is 1. The van der Waals surface area contributed by atoms with Crippen molar-refractivity contribution >= 4 is 47.7 Å². The van der Waals surface area contributed by atoms with E-state index >= 15 is 0 Å². The number of halogens is 3. The first-order chi connectivity index (χ1) is 22.4. The number of nitrogens with zero attached hydrogens (tertiary/aromatic N) is 3. The SMILES string of the molecule is CN1CCN(C(=O)OCC2=C(C(=O)O)N3C(=O)C(NC(=O)C(NC(=O)OC(C)(C)C)c4ccc(OC(=O)C(F)(F)F)cc4)[C@@H]3SC2)CC1. The van der Waals surface area contributed by atoms with E-state index in [1.165, 1.54) is 4.90 Å². The third-order valence-electron chi connectivity index (χ3n) is 7.26. The van der Waals surface area contributed by atoms with Crippen LogP contribution in [0.5, 0.6) is 5.75 Å². The molecule has 0 aliphatic carbocycles. The molecule has 3 atom stereocenters. The monoisotopic (exact) mass is 701 g/mol. The Labute approximate surface area is 276 Å². The number of likely N-dealkylation sites (N-methyl/N-ethyl adjacent to an activating group) is 1. The highest BCUT2D eigenvalue weighted by Crippen LogP contribution is 2.40. The Morgan fingerprint density at radius 1 is 1.04 bits per heavy atom. The maximum absolute atomic E-state index is 13.5. The molecule has 3 aliphatic heterocycles. The van der Waals surface area contributed by atoms with Gasteiger partial charge in [-0.3, -0.25) is 14.5 Å². The first kappa shape index (κ1) is 36.3.